The zero-order chi connectivity index (χ0) is 20.9. The number of carbonyl (C=O) groups is 1. The molecule has 2 heteroatoms. The second kappa shape index (κ2) is 9.09. The Hall–Kier alpha value is -2.87. The summed E-state index contributed by atoms with van der Waals surface area (Å²) in [5.74, 6) is -0.524. The van der Waals surface area contributed by atoms with Gasteiger partial charge in [0.2, 0.25) is 0 Å². The quantitative estimate of drug-likeness (QED) is 0.445. The molecule has 2 atom stereocenters. The van der Waals surface area contributed by atoms with Crippen LogP contribution in [-0.4, -0.2) is 5.97 Å². The summed E-state index contributed by atoms with van der Waals surface area (Å²) in [7, 11) is 0. The van der Waals surface area contributed by atoms with Gasteiger partial charge in [-0.2, -0.15) is 0 Å². The van der Waals surface area contributed by atoms with Crippen molar-refractivity contribution in [1.29, 1.82) is 0 Å². The zero-order valence-electron chi connectivity index (χ0n) is 17.8. The lowest BCUT2D eigenvalue weighted by Gasteiger charge is -2.25. The van der Waals surface area contributed by atoms with Gasteiger partial charge in [-0.3, -0.25) is 4.79 Å². The molecule has 0 aliphatic rings. The van der Waals surface area contributed by atoms with Crippen molar-refractivity contribution in [3.8, 4) is 0 Å². The predicted octanol–water partition coefficient (Wildman–Crippen LogP) is 6.61. The molecular formula is C27H30O2. The molecule has 0 fully saturated rings. The van der Waals surface area contributed by atoms with Crippen LogP contribution in [0, 0.1) is 0 Å². The van der Waals surface area contributed by atoms with E-state index >= 15 is 0 Å². The number of esters is 1. The molecule has 0 spiro atoms. The highest BCUT2D eigenvalue weighted by molar-refractivity contribution is 5.79. The second-order valence-corrected chi connectivity index (χ2v) is 8.64. The van der Waals surface area contributed by atoms with Crippen molar-refractivity contribution < 1.29 is 9.53 Å². The summed E-state index contributed by atoms with van der Waals surface area (Å²) in [5.41, 5.74) is 4.45. The average molecular weight is 387 g/mol. The minimum Gasteiger partial charge on any atom is -0.460 e. The molecule has 2 nitrogen and oxygen atoms in total. The van der Waals surface area contributed by atoms with Crippen molar-refractivity contribution in [2.75, 3.05) is 0 Å². The van der Waals surface area contributed by atoms with E-state index in [4.69, 9.17) is 4.74 Å². The van der Waals surface area contributed by atoms with E-state index in [0.717, 1.165) is 16.7 Å². The fourth-order valence-corrected chi connectivity index (χ4v) is 3.59. The number of carbonyl (C=O) groups excluding carboxylic acids is 1. The molecule has 0 N–H and O–H groups in total. The number of benzene rings is 3. The molecular weight excluding hydrogens is 356 g/mol. The molecule has 2 unspecified atom stereocenters. The Bertz CT molecular complexity index is 906. The molecule has 0 saturated heterocycles. The SMILES string of the molecule is CC(c1ccccc1)C(C(=O)OCc1ccccc1)c1ccc(C(C)(C)C)cc1. The highest BCUT2D eigenvalue weighted by atomic mass is 16.5. The molecule has 0 radical (unpaired) electrons. The third-order valence-electron chi connectivity index (χ3n) is 5.44. The molecule has 29 heavy (non-hydrogen) atoms. The minimum atomic E-state index is -0.352. The first-order valence-electron chi connectivity index (χ1n) is 10.2. The van der Waals surface area contributed by atoms with Crippen LogP contribution in [0.4, 0.5) is 0 Å². The number of hydrogen-bond acceptors (Lipinski definition) is 2. The van der Waals surface area contributed by atoms with Gasteiger partial charge in [0.25, 0.3) is 0 Å². The van der Waals surface area contributed by atoms with Gasteiger partial charge in [-0.1, -0.05) is 113 Å². The summed E-state index contributed by atoms with van der Waals surface area (Å²) in [6.45, 7) is 8.97. The Morgan fingerprint density at radius 3 is 1.90 bits per heavy atom. The molecule has 3 rings (SSSR count). The summed E-state index contributed by atoms with van der Waals surface area (Å²) < 4.78 is 5.75. The molecule has 0 heterocycles. The third kappa shape index (κ3) is 5.35. The topological polar surface area (TPSA) is 26.3 Å². The Balaban J connectivity index is 1.88. The smallest absolute Gasteiger partial charge is 0.314 e. The molecule has 0 aliphatic carbocycles. The first kappa shape index (κ1) is 20.9. The van der Waals surface area contributed by atoms with Crippen LogP contribution in [0.25, 0.3) is 0 Å². The first-order chi connectivity index (χ1) is 13.9. The fourth-order valence-electron chi connectivity index (χ4n) is 3.59. The van der Waals surface area contributed by atoms with Gasteiger partial charge in [0, 0.05) is 0 Å². The summed E-state index contributed by atoms with van der Waals surface area (Å²) in [4.78, 5) is 13.2. The molecule has 3 aromatic carbocycles. The van der Waals surface area contributed by atoms with Gasteiger partial charge in [-0.05, 0) is 33.6 Å². The van der Waals surface area contributed by atoms with Crippen LogP contribution in [0.5, 0.6) is 0 Å². The number of rotatable bonds is 6. The van der Waals surface area contributed by atoms with Gasteiger partial charge in [0.05, 0.1) is 5.92 Å². The maximum absolute atomic E-state index is 13.2. The van der Waals surface area contributed by atoms with Gasteiger partial charge in [0.15, 0.2) is 0 Å². The Kier molecular flexibility index (Phi) is 6.53. The normalized spacial score (nSPS) is 13.5. The summed E-state index contributed by atoms with van der Waals surface area (Å²) in [5, 5.41) is 0. The van der Waals surface area contributed by atoms with E-state index in [-0.39, 0.29) is 29.8 Å². The Morgan fingerprint density at radius 2 is 1.34 bits per heavy atom. The van der Waals surface area contributed by atoms with Crippen molar-refractivity contribution in [2.24, 2.45) is 0 Å². The van der Waals surface area contributed by atoms with E-state index in [9.17, 15) is 4.79 Å². The predicted molar refractivity (Wildman–Crippen MR) is 119 cm³/mol. The maximum Gasteiger partial charge on any atom is 0.314 e. The largest absolute Gasteiger partial charge is 0.460 e. The highest BCUT2D eigenvalue weighted by Gasteiger charge is 2.30. The minimum absolute atomic E-state index is 0.0139. The first-order valence-corrected chi connectivity index (χ1v) is 10.2. The summed E-state index contributed by atoms with van der Waals surface area (Å²) >= 11 is 0. The van der Waals surface area contributed by atoms with Gasteiger partial charge in [-0.15, -0.1) is 0 Å². The lowest BCUT2D eigenvalue weighted by Crippen LogP contribution is -2.22. The van der Waals surface area contributed by atoms with E-state index in [2.05, 4.69) is 64.1 Å². The van der Waals surface area contributed by atoms with Crippen LogP contribution in [0.1, 0.15) is 61.8 Å². The van der Waals surface area contributed by atoms with Crippen molar-refractivity contribution in [3.05, 3.63) is 107 Å². The third-order valence-corrected chi connectivity index (χ3v) is 5.44. The van der Waals surface area contributed by atoms with Gasteiger partial charge in [0.1, 0.15) is 6.61 Å². The lowest BCUT2D eigenvalue weighted by atomic mass is 9.80. The Morgan fingerprint density at radius 1 is 0.793 bits per heavy atom. The van der Waals surface area contributed by atoms with E-state index in [1.165, 1.54) is 5.56 Å². The van der Waals surface area contributed by atoms with Crippen LogP contribution in [-0.2, 0) is 21.6 Å². The number of ether oxygens (including phenoxy) is 1. The monoisotopic (exact) mass is 386 g/mol. The van der Waals surface area contributed by atoms with E-state index in [1.54, 1.807) is 0 Å². The molecule has 0 aliphatic heterocycles. The van der Waals surface area contributed by atoms with Gasteiger partial charge >= 0.3 is 5.97 Å². The molecule has 150 valence electrons. The van der Waals surface area contributed by atoms with Crippen LogP contribution >= 0.6 is 0 Å². The average Bonchev–Trinajstić information content (AvgIpc) is 2.73. The Labute approximate surface area is 174 Å². The highest BCUT2D eigenvalue weighted by Crippen LogP contribution is 2.35. The molecule has 0 aromatic heterocycles. The van der Waals surface area contributed by atoms with Crippen molar-refractivity contribution in [2.45, 2.75) is 51.6 Å². The number of hydrogen-bond donors (Lipinski definition) is 0. The lowest BCUT2D eigenvalue weighted by molar-refractivity contribution is -0.147. The van der Waals surface area contributed by atoms with Gasteiger partial charge in [-0.25, -0.2) is 0 Å². The van der Waals surface area contributed by atoms with Crippen molar-refractivity contribution >= 4 is 5.97 Å². The summed E-state index contributed by atoms with van der Waals surface area (Å²) in [6, 6.07) is 28.4. The van der Waals surface area contributed by atoms with Crippen LogP contribution in [0.15, 0.2) is 84.9 Å². The fraction of sp³-hybridized carbons (Fsp3) is 0.296. The zero-order valence-corrected chi connectivity index (χ0v) is 17.8. The van der Waals surface area contributed by atoms with Crippen LogP contribution < -0.4 is 0 Å². The van der Waals surface area contributed by atoms with Crippen LogP contribution in [0.2, 0.25) is 0 Å². The van der Waals surface area contributed by atoms with E-state index < -0.39 is 0 Å². The molecule has 3 aromatic rings. The second-order valence-electron chi connectivity index (χ2n) is 8.64. The van der Waals surface area contributed by atoms with Crippen molar-refractivity contribution in [3.63, 3.8) is 0 Å². The van der Waals surface area contributed by atoms with E-state index in [1.807, 2.05) is 48.5 Å². The van der Waals surface area contributed by atoms with Crippen molar-refractivity contribution in [1.82, 2.24) is 0 Å². The summed E-state index contributed by atoms with van der Waals surface area (Å²) in [6.07, 6.45) is 0. The molecule has 0 saturated carbocycles. The molecule has 0 amide bonds. The maximum atomic E-state index is 13.2. The molecule has 0 bridgehead atoms. The van der Waals surface area contributed by atoms with E-state index in [0.29, 0.717) is 0 Å². The van der Waals surface area contributed by atoms with Crippen LogP contribution in [0.3, 0.4) is 0 Å². The van der Waals surface area contributed by atoms with Gasteiger partial charge < -0.3 is 4.74 Å². The standard InChI is InChI=1S/C27H30O2/c1-20(22-13-9-6-10-14-22)25(23-15-17-24(18-16-23)27(2,3)4)26(28)29-19-21-11-7-5-8-12-21/h5-18,20,25H,19H2,1-4H3.